The fourth-order valence-electron chi connectivity index (χ4n) is 5.05. The molecule has 0 amide bonds. The van der Waals surface area contributed by atoms with Gasteiger partial charge in [-0.1, -0.05) is 25.1 Å². The highest BCUT2D eigenvalue weighted by molar-refractivity contribution is 7.90. The summed E-state index contributed by atoms with van der Waals surface area (Å²) in [5.41, 5.74) is 0.892. The molecule has 0 bridgehead atoms. The van der Waals surface area contributed by atoms with E-state index >= 15 is 0 Å². The Morgan fingerprint density at radius 2 is 1.55 bits per heavy atom. The molecule has 47 heavy (non-hydrogen) atoms. The summed E-state index contributed by atoms with van der Waals surface area (Å²) in [7, 11) is -3.75. The molecule has 8 nitrogen and oxygen atoms in total. The molecule has 3 aromatic carbocycles. The lowest BCUT2D eigenvalue weighted by Gasteiger charge is -2.15. The van der Waals surface area contributed by atoms with Crippen molar-refractivity contribution < 1.29 is 49.0 Å². The van der Waals surface area contributed by atoms with Crippen molar-refractivity contribution >= 4 is 9.84 Å². The zero-order valence-corrected chi connectivity index (χ0v) is 25.9. The highest BCUT2D eigenvalue weighted by Crippen LogP contribution is 2.40. The van der Waals surface area contributed by atoms with Gasteiger partial charge >= 0.3 is 12.5 Å². The zero-order valence-electron chi connectivity index (χ0n) is 25.1. The minimum Gasteiger partial charge on any atom is -0.440 e. The van der Waals surface area contributed by atoms with E-state index in [1.807, 2.05) is 6.92 Å². The number of aliphatic hydroxyl groups is 1. The third-order valence-electron chi connectivity index (χ3n) is 7.14. The minimum atomic E-state index is -4.91. The van der Waals surface area contributed by atoms with Gasteiger partial charge in [0.2, 0.25) is 0 Å². The Labute approximate surface area is 265 Å². The van der Waals surface area contributed by atoms with Gasteiger partial charge in [0.25, 0.3) is 0 Å². The first-order valence-corrected chi connectivity index (χ1v) is 16.0. The molecular weight excluding hydrogens is 652 g/mol. The monoisotopic (exact) mass is 679 g/mol. The average Bonchev–Trinajstić information content (AvgIpc) is 3.59. The Hall–Kier alpha value is -4.63. The van der Waals surface area contributed by atoms with E-state index in [9.17, 15) is 39.9 Å². The van der Waals surface area contributed by atoms with Crippen LogP contribution in [0.2, 0.25) is 0 Å². The maximum atomic E-state index is 13.7. The van der Waals surface area contributed by atoms with Gasteiger partial charge in [-0.2, -0.15) is 13.2 Å². The molecule has 0 unspecified atom stereocenters. The van der Waals surface area contributed by atoms with Gasteiger partial charge in [-0.25, -0.2) is 18.4 Å². The molecule has 0 aliphatic heterocycles. The van der Waals surface area contributed by atoms with Crippen molar-refractivity contribution in [3.63, 3.8) is 0 Å². The van der Waals surface area contributed by atoms with Gasteiger partial charge in [0, 0.05) is 30.0 Å². The largest absolute Gasteiger partial charge is 0.573 e. The number of nitrogens with zero attached hydrogens (tertiary/aromatic N) is 3. The number of alkyl halides is 6. The predicted molar refractivity (Wildman–Crippen MR) is 159 cm³/mol. The van der Waals surface area contributed by atoms with Crippen LogP contribution in [-0.2, 0) is 29.0 Å². The summed E-state index contributed by atoms with van der Waals surface area (Å²) < 4.78 is 116. The highest BCUT2D eigenvalue weighted by Gasteiger charge is 2.35. The number of hydrogen-bond donors (Lipinski definition) is 1. The van der Waals surface area contributed by atoms with Gasteiger partial charge in [-0.3, -0.25) is 0 Å². The summed E-state index contributed by atoms with van der Waals surface area (Å²) in [5, 5.41) is 9.71. The van der Waals surface area contributed by atoms with Gasteiger partial charge in [-0.05, 0) is 72.5 Å². The second-order valence-electron chi connectivity index (χ2n) is 10.6. The van der Waals surface area contributed by atoms with E-state index in [0.717, 1.165) is 24.6 Å². The number of halogens is 6. The summed E-state index contributed by atoms with van der Waals surface area (Å²) in [5.74, 6) is -0.0629. The standard InChI is InChI=1S/C32H27F6N3O5S/c1-4-5-28-40-29(30(45-28)19-8-11-23(12-9-19)46-32(36,37)38)24-14-20(21-6-7-22(17-42)26(15-21)47(3,43)44)10-13-25(24)41-16-27(31(33,34)35)39-18(41)2/h6-16,42H,4-5,17H2,1-3H3. The van der Waals surface area contributed by atoms with Gasteiger partial charge in [0.15, 0.2) is 27.2 Å². The maximum Gasteiger partial charge on any atom is 0.573 e. The molecule has 0 aliphatic carbocycles. The van der Waals surface area contributed by atoms with Crippen LogP contribution in [0.5, 0.6) is 5.75 Å². The Balaban J connectivity index is 1.76. The number of imidazole rings is 1. The molecule has 0 atom stereocenters. The number of aliphatic hydroxyl groups excluding tert-OH is 1. The Kier molecular flexibility index (Phi) is 8.99. The number of rotatable bonds is 9. The number of sulfone groups is 1. The first-order chi connectivity index (χ1) is 22.0. The van der Waals surface area contributed by atoms with E-state index in [-0.39, 0.29) is 44.9 Å². The minimum absolute atomic E-state index is 0.00506. The fraction of sp³-hybridized carbons (Fsp3) is 0.250. The van der Waals surface area contributed by atoms with Crippen molar-refractivity contribution in [1.29, 1.82) is 0 Å². The average molecular weight is 680 g/mol. The number of oxazole rings is 1. The van der Waals surface area contributed by atoms with E-state index in [4.69, 9.17) is 4.42 Å². The molecule has 0 saturated carbocycles. The zero-order chi connectivity index (χ0) is 34.3. The molecule has 0 saturated heterocycles. The van der Waals surface area contributed by atoms with E-state index in [1.165, 1.54) is 41.8 Å². The normalized spacial score (nSPS) is 12.5. The van der Waals surface area contributed by atoms with Crippen LogP contribution in [0, 0.1) is 6.92 Å². The third-order valence-corrected chi connectivity index (χ3v) is 8.32. The number of benzene rings is 3. The second-order valence-corrected chi connectivity index (χ2v) is 12.6. The van der Waals surface area contributed by atoms with Crippen LogP contribution in [0.3, 0.4) is 0 Å². The van der Waals surface area contributed by atoms with Crippen molar-refractivity contribution in [3.8, 4) is 45.1 Å². The first-order valence-electron chi connectivity index (χ1n) is 14.1. The molecule has 5 aromatic rings. The van der Waals surface area contributed by atoms with E-state index in [0.29, 0.717) is 29.5 Å². The molecule has 2 heterocycles. The Bertz CT molecular complexity index is 2030. The fourth-order valence-corrected chi connectivity index (χ4v) is 6.00. The van der Waals surface area contributed by atoms with Crippen molar-refractivity contribution in [1.82, 2.24) is 14.5 Å². The van der Waals surface area contributed by atoms with Crippen molar-refractivity contribution in [2.45, 2.75) is 50.7 Å². The van der Waals surface area contributed by atoms with Crippen LogP contribution in [0.15, 0.2) is 76.2 Å². The molecule has 0 radical (unpaired) electrons. The van der Waals surface area contributed by atoms with E-state index in [1.54, 1.807) is 18.2 Å². The van der Waals surface area contributed by atoms with Gasteiger partial charge < -0.3 is 18.8 Å². The van der Waals surface area contributed by atoms with E-state index in [2.05, 4.69) is 14.7 Å². The molecular formula is C32H27F6N3O5S. The number of aryl methyl sites for hydroxylation is 2. The molecule has 0 fully saturated rings. The molecule has 248 valence electrons. The predicted octanol–water partition coefficient (Wildman–Crippen LogP) is 7.94. The van der Waals surface area contributed by atoms with Crippen LogP contribution in [0.4, 0.5) is 26.3 Å². The van der Waals surface area contributed by atoms with Crippen molar-refractivity contribution in [3.05, 3.63) is 89.8 Å². The van der Waals surface area contributed by atoms with Crippen LogP contribution in [0.1, 0.15) is 36.3 Å². The summed E-state index contributed by atoms with van der Waals surface area (Å²) in [6.07, 6.45) is -6.82. The molecule has 15 heteroatoms. The summed E-state index contributed by atoms with van der Waals surface area (Å²) >= 11 is 0. The maximum absolute atomic E-state index is 13.7. The van der Waals surface area contributed by atoms with Crippen LogP contribution >= 0.6 is 0 Å². The van der Waals surface area contributed by atoms with Crippen LogP contribution in [-0.4, -0.2) is 40.7 Å². The number of aromatic nitrogens is 3. The number of hydrogen-bond acceptors (Lipinski definition) is 7. The number of ether oxygens (including phenoxy) is 1. The van der Waals surface area contributed by atoms with Crippen LogP contribution in [0.25, 0.3) is 39.4 Å². The van der Waals surface area contributed by atoms with Gasteiger partial charge in [0.05, 0.1) is 17.2 Å². The molecule has 2 aromatic heterocycles. The smallest absolute Gasteiger partial charge is 0.440 e. The van der Waals surface area contributed by atoms with E-state index < -0.39 is 40.4 Å². The lowest BCUT2D eigenvalue weighted by molar-refractivity contribution is -0.274. The Morgan fingerprint density at radius 1 is 0.915 bits per heavy atom. The summed E-state index contributed by atoms with van der Waals surface area (Å²) in [6.45, 7) is 2.75. The lowest BCUT2D eigenvalue weighted by Crippen LogP contribution is -2.16. The first kappa shape index (κ1) is 33.7. The quantitative estimate of drug-likeness (QED) is 0.158. The van der Waals surface area contributed by atoms with Crippen LogP contribution < -0.4 is 4.74 Å². The third kappa shape index (κ3) is 7.36. The van der Waals surface area contributed by atoms with Gasteiger partial charge in [-0.15, -0.1) is 13.2 Å². The highest BCUT2D eigenvalue weighted by atomic mass is 32.2. The SMILES string of the molecule is CCCc1nc(-c2cc(-c3ccc(CO)c(S(C)(=O)=O)c3)ccc2-n2cc(C(F)(F)F)nc2C)c(-c2ccc(OC(F)(F)F)cc2)o1. The summed E-state index contributed by atoms with van der Waals surface area (Å²) in [4.78, 5) is 8.24. The molecule has 0 spiro atoms. The lowest BCUT2D eigenvalue weighted by atomic mass is 9.97. The molecule has 0 aliphatic rings. The topological polar surface area (TPSA) is 107 Å². The second kappa shape index (κ2) is 12.5. The summed E-state index contributed by atoms with van der Waals surface area (Å²) in [6, 6.07) is 14.0. The van der Waals surface area contributed by atoms with Gasteiger partial charge in [0.1, 0.15) is 17.3 Å². The molecule has 5 rings (SSSR count). The van der Waals surface area contributed by atoms with Crippen molar-refractivity contribution in [2.24, 2.45) is 0 Å². The van der Waals surface area contributed by atoms with Crippen molar-refractivity contribution in [2.75, 3.05) is 6.26 Å². The molecule has 1 N–H and O–H groups in total. The Morgan fingerprint density at radius 3 is 2.13 bits per heavy atom.